The molecule has 0 spiro atoms. The number of aromatic hydroxyl groups is 1. The Labute approximate surface area is 113 Å². The highest BCUT2D eigenvalue weighted by molar-refractivity contribution is 9.10. The average molecular weight is 308 g/mol. The fourth-order valence-corrected chi connectivity index (χ4v) is 1.77. The first-order valence-corrected chi connectivity index (χ1v) is 6.16. The molecule has 0 unspecified atom stereocenters. The quantitative estimate of drug-likeness (QED) is 0.853. The van der Waals surface area contributed by atoms with E-state index >= 15 is 0 Å². The van der Waals surface area contributed by atoms with Gasteiger partial charge in [-0.25, -0.2) is 0 Å². The fraction of sp³-hybridized carbons (Fsp3) is 0.0769. The number of benzene rings is 1. The van der Waals surface area contributed by atoms with Crippen molar-refractivity contribution in [3.63, 3.8) is 0 Å². The molecule has 1 amide bonds. The molecule has 0 aliphatic carbocycles. The average Bonchev–Trinajstić information content (AvgIpc) is 2.32. The van der Waals surface area contributed by atoms with Crippen LogP contribution < -0.4 is 9.88 Å². The highest BCUT2D eigenvalue weighted by Crippen LogP contribution is 2.13. The number of aromatic nitrogens is 1. The molecule has 1 aromatic carbocycles. The molecule has 92 valence electrons. The van der Waals surface area contributed by atoms with E-state index in [0.29, 0.717) is 0 Å². The number of carbonyl (C=O) groups excluding carboxylic acids is 1. The number of halogens is 1. The van der Waals surface area contributed by atoms with Gasteiger partial charge in [-0.3, -0.25) is 4.79 Å². The third-order valence-electron chi connectivity index (χ3n) is 2.30. The van der Waals surface area contributed by atoms with Crippen LogP contribution in [0.5, 0.6) is 5.75 Å². The number of pyridine rings is 1. The van der Waals surface area contributed by atoms with Crippen LogP contribution in [0.3, 0.4) is 0 Å². The van der Waals surface area contributed by atoms with Crippen LogP contribution in [0.1, 0.15) is 0 Å². The lowest BCUT2D eigenvalue weighted by atomic mass is 10.3. The Bertz CT molecular complexity index is 555. The van der Waals surface area contributed by atoms with Gasteiger partial charge in [-0.05, 0) is 30.3 Å². The second kappa shape index (κ2) is 5.64. The molecule has 1 heterocycles. The van der Waals surface area contributed by atoms with Gasteiger partial charge in [0.2, 0.25) is 12.7 Å². The minimum atomic E-state index is -0.145. The topological polar surface area (TPSA) is 53.2 Å². The van der Waals surface area contributed by atoms with E-state index in [0.717, 1.165) is 10.2 Å². The predicted octanol–water partition coefficient (Wildman–Crippen LogP) is 2.08. The van der Waals surface area contributed by atoms with Crippen molar-refractivity contribution in [3.8, 4) is 5.75 Å². The summed E-state index contributed by atoms with van der Waals surface area (Å²) >= 11 is 3.33. The summed E-state index contributed by atoms with van der Waals surface area (Å²) in [5.41, 5.74) is 0.740. The minimum Gasteiger partial charge on any atom is -0.503 e. The molecule has 2 aromatic rings. The lowest BCUT2D eigenvalue weighted by Crippen LogP contribution is -2.39. The Morgan fingerprint density at radius 2 is 2.00 bits per heavy atom. The molecule has 0 atom stereocenters. The maximum atomic E-state index is 11.8. The van der Waals surface area contributed by atoms with Crippen molar-refractivity contribution in [3.05, 3.63) is 53.3 Å². The van der Waals surface area contributed by atoms with E-state index in [9.17, 15) is 9.90 Å². The smallest absolute Gasteiger partial charge is 0.290 e. The van der Waals surface area contributed by atoms with E-state index in [1.807, 2.05) is 24.3 Å². The van der Waals surface area contributed by atoms with Crippen LogP contribution in [0.15, 0.2) is 53.3 Å². The zero-order valence-corrected chi connectivity index (χ0v) is 11.1. The molecular formula is C13H12BrN2O2+. The maximum Gasteiger partial charge on any atom is 0.290 e. The van der Waals surface area contributed by atoms with Crippen molar-refractivity contribution in [1.29, 1.82) is 0 Å². The summed E-state index contributed by atoms with van der Waals surface area (Å²) < 4.78 is 2.58. The third kappa shape index (κ3) is 3.56. The van der Waals surface area contributed by atoms with Gasteiger partial charge in [0.25, 0.3) is 5.91 Å². The molecule has 4 nitrogen and oxygen atoms in total. The number of nitrogens with zero attached hydrogens (tertiary/aromatic N) is 1. The van der Waals surface area contributed by atoms with E-state index in [2.05, 4.69) is 21.2 Å². The molecule has 0 fully saturated rings. The van der Waals surface area contributed by atoms with Crippen LogP contribution in [0, 0.1) is 0 Å². The second-order valence-corrected chi connectivity index (χ2v) is 4.71. The first kappa shape index (κ1) is 12.6. The van der Waals surface area contributed by atoms with Gasteiger partial charge in [0.1, 0.15) is 0 Å². The number of carbonyl (C=O) groups is 1. The first-order valence-electron chi connectivity index (χ1n) is 5.37. The molecular weight excluding hydrogens is 296 g/mol. The van der Waals surface area contributed by atoms with Crippen molar-refractivity contribution in [1.82, 2.24) is 0 Å². The van der Waals surface area contributed by atoms with Gasteiger partial charge in [-0.1, -0.05) is 15.9 Å². The van der Waals surface area contributed by atoms with Crippen molar-refractivity contribution < 1.29 is 14.5 Å². The number of anilines is 1. The first-order chi connectivity index (χ1) is 8.63. The van der Waals surface area contributed by atoms with Gasteiger partial charge < -0.3 is 10.4 Å². The molecule has 0 bridgehead atoms. The molecule has 0 aliphatic heterocycles. The standard InChI is InChI=1S/C13H11BrN2O2/c14-10-3-5-11(6-4-10)15-13(18)9-16-7-1-2-12(17)8-16/h1-8H,9H2,(H-,15,17,18)/p+1. The monoisotopic (exact) mass is 307 g/mol. The number of hydrogen-bond donors (Lipinski definition) is 2. The molecule has 2 N–H and O–H groups in total. The van der Waals surface area contributed by atoms with Gasteiger partial charge in [-0.15, -0.1) is 0 Å². The lowest BCUT2D eigenvalue weighted by Gasteiger charge is -2.03. The predicted molar refractivity (Wildman–Crippen MR) is 71.1 cm³/mol. The van der Waals surface area contributed by atoms with E-state index in [-0.39, 0.29) is 18.2 Å². The Kier molecular flexibility index (Phi) is 3.94. The fourth-order valence-electron chi connectivity index (χ4n) is 1.51. The highest BCUT2D eigenvalue weighted by Gasteiger charge is 2.09. The van der Waals surface area contributed by atoms with Gasteiger partial charge in [0.05, 0.1) is 0 Å². The molecule has 0 saturated heterocycles. The lowest BCUT2D eigenvalue weighted by molar-refractivity contribution is -0.684. The molecule has 5 heteroatoms. The van der Waals surface area contributed by atoms with Crippen LogP contribution in [-0.2, 0) is 11.3 Å². The van der Waals surface area contributed by atoms with Crippen LogP contribution in [-0.4, -0.2) is 11.0 Å². The Hall–Kier alpha value is -1.88. The van der Waals surface area contributed by atoms with Crippen LogP contribution in [0.25, 0.3) is 0 Å². The molecule has 18 heavy (non-hydrogen) atoms. The SMILES string of the molecule is O=C(C[n+]1cccc(O)c1)Nc1ccc(Br)cc1. The van der Waals surface area contributed by atoms with Gasteiger partial charge >= 0.3 is 0 Å². The van der Waals surface area contributed by atoms with Crippen molar-refractivity contribution in [2.75, 3.05) is 5.32 Å². The Morgan fingerprint density at radius 1 is 1.28 bits per heavy atom. The highest BCUT2D eigenvalue weighted by atomic mass is 79.9. The van der Waals surface area contributed by atoms with Crippen molar-refractivity contribution in [2.24, 2.45) is 0 Å². The number of rotatable bonds is 3. The van der Waals surface area contributed by atoms with Crippen molar-refractivity contribution in [2.45, 2.75) is 6.54 Å². The van der Waals surface area contributed by atoms with Crippen LogP contribution in [0.2, 0.25) is 0 Å². The Balaban J connectivity index is 1.98. The second-order valence-electron chi connectivity index (χ2n) is 3.79. The summed E-state index contributed by atoms with van der Waals surface area (Å²) in [6.07, 6.45) is 3.22. The van der Waals surface area contributed by atoms with Gasteiger partial charge in [-0.2, -0.15) is 4.57 Å². The third-order valence-corrected chi connectivity index (χ3v) is 2.83. The molecule has 0 radical (unpaired) electrons. The molecule has 0 aliphatic rings. The summed E-state index contributed by atoms with van der Waals surface area (Å²) in [6.45, 7) is 0.157. The van der Waals surface area contributed by atoms with Gasteiger partial charge in [0.15, 0.2) is 11.9 Å². The number of amides is 1. The Morgan fingerprint density at radius 3 is 2.67 bits per heavy atom. The molecule has 0 saturated carbocycles. The van der Waals surface area contributed by atoms with Crippen LogP contribution >= 0.6 is 15.9 Å². The van der Waals surface area contributed by atoms with E-state index in [1.165, 1.54) is 6.20 Å². The zero-order valence-electron chi connectivity index (χ0n) is 9.51. The minimum absolute atomic E-state index is 0.133. The normalized spacial score (nSPS) is 10.1. The van der Waals surface area contributed by atoms with E-state index in [4.69, 9.17) is 0 Å². The van der Waals surface area contributed by atoms with E-state index in [1.54, 1.807) is 22.9 Å². The number of nitrogens with one attached hydrogen (secondary N) is 1. The molecule has 1 aromatic heterocycles. The van der Waals surface area contributed by atoms with Crippen molar-refractivity contribution >= 4 is 27.5 Å². The number of hydrogen-bond acceptors (Lipinski definition) is 2. The zero-order chi connectivity index (χ0) is 13.0. The summed E-state index contributed by atoms with van der Waals surface area (Å²) in [5.74, 6) is -0.0122. The molecule has 2 rings (SSSR count). The van der Waals surface area contributed by atoms with E-state index < -0.39 is 0 Å². The summed E-state index contributed by atoms with van der Waals surface area (Å²) in [4.78, 5) is 11.8. The largest absolute Gasteiger partial charge is 0.503 e. The maximum absolute atomic E-state index is 11.8. The van der Waals surface area contributed by atoms with Gasteiger partial charge in [0, 0.05) is 16.2 Å². The summed E-state index contributed by atoms with van der Waals surface area (Å²) in [6, 6.07) is 10.6. The van der Waals surface area contributed by atoms with Crippen LogP contribution in [0.4, 0.5) is 5.69 Å². The summed E-state index contributed by atoms with van der Waals surface area (Å²) in [7, 11) is 0. The summed E-state index contributed by atoms with van der Waals surface area (Å²) in [5, 5.41) is 12.1.